The van der Waals surface area contributed by atoms with Gasteiger partial charge >= 0.3 is 0 Å². The number of aromatic nitrogens is 4. The molecule has 0 aliphatic rings. The lowest BCUT2D eigenvalue weighted by Crippen LogP contribution is -2.00. The summed E-state index contributed by atoms with van der Waals surface area (Å²) in [6.07, 6.45) is 2.63. The Morgan fingerprint density at radius 2 is 1.93 bits per heavy atom. The third-order valence-electron chi connectivity index (χ3n) is 4.62. The summed E-state index contributed by atoms with van der Waals surface area (Å²) < 4.78 is 5.31. The van der Waals surface area contributed by atoms with Crippen molar-refractivity contribution in [3.63, 3.8) is 0 Å². The molecule has 4 aromatic rings. The molecule has 0 radical (unpaired) electrons. The van der Waals surface area contributed by atoms with E-state index < -0.39 is 0 Å². The molecule has 28 heavy (non-hydrogen) atoms. The molecule has 0 amide bonds. The molecule has 0 spiro atoms. The molecule has 0 aliphatic heterocycles. The van der Waals surface area contributed by atoms with E-state index in [0.717, 1.165) is 28.8 Å². The first-order valence-corrected chi connectivity index (χ1v) is 9.30. The van der Waals surface area contributed by atoms with Crippen molar-refractivity contribution in [3.8, 4) is 28.5 Å². The van der Waals surface area contributed by atoms with E-state index in [2.05, 4.69) is 29.9 Å². The van der Waals surface area contributed by atoms with Crippen molar-refractivity contribution in [1.29, 1.82) is 0 Å². The van der Waals surface area contributed by atoms with Crippen LogP contribution in [0.2, 0.25) is 0 Å². The number of benzene rings is 2. The zero-order valence-corrected chi connectivity index (χ0v) is 16.2. The highest BCUT2D eigenvalue weighted by molar-refractivity contribution is 5.83. The summed E-state index contributed by atoms with van der Waals surface area (Å²) in [5.74, 6) is 2.28. The number of hydrogen-bond acceptors (Lipinski definition) is 5. The quantitative estimate of drug-likeness (QED) is 0.538. The average molecular weight is 373 g/mol. The van der Waals surface area contributed by atoms with E-state index in [0.29, 0.717) is 28.9 Å². The van der Waals surface area contributed by atoms with Gasteiger partial charge < -0.3 is 15.5 Å². The number of nitrogens with one attached hydrogen (secondary N) is 1. The van der Waals surface area contributed by atoms with Crippen molar-refractivity contribution in [2.45, 2.75) is 20.3 Å². The lowest BCUT2D eigenvalue weighted by molar-refractivity contribution is 0.415. The summed E-state index contributed by atoms with van der Waals surface area (Å²) in [5, 5.41) is 0. The summed E-state index contributed by atoms with van der Waals surface area (Å²) in [7, 11) is 1.64. The van der Waals surface area contributed by atoms with Crippen LogP contribution in [0.25, 0.3) is 33.8 Å². The Kier molecular flexibility index (Phi) is 4.69. The number of ether oxygens (including phenoxy) is 1. The smallest absolute Gasteiger partial charge is 0.161 e. The summed E-state index contributed by atoms with van der Waals surface area (Å²) in [4.78, 5) is 17.2. The molecule has 2 aromatic carbocycles. The molecule has 0 atom stereocenters. The van der Waals surface area contributed by atoms with Gasteiger partial charge in [0, 0.05) is 5.56 Å². The zero-order chi connectivity index (χ0) is 19.7. The van der Waals surface area contributed by atoms with Gasteiger partial charge in [-0.15, -0.1) is 0 Å². The predicted molar refractivity (Wildman–Crippen MR) is 112 cm³/mol. The number of anilines is 1. The van der Waals surface area contributed by atoms with Crippen LogP contribution in [-0.2, 0) is 6.42 Å². The number of fused-ring (bicyclic) bond motifs is 1. The van der Waals surface area contributed by atoms with Crippen molar-refractivity contribution in [2.24, 2.45) is 5.92 Å². The van der Waals surface area contributed by atoms with E-state index >= 15 is 0 Å². The van der Waals surface area contributed by atoms with Gasteiger partial charge in [0.15, 0.2) is 11.6 Å². The first-order chi connectivity index (χ1) is 13.5. The number of nitrogen functional groups attached to an aromatic ring is 1. The normalized spacial score (nSPS) is 11.3. The van der Waals surface area contributed by atoms with Crippen molar-refractivity contribution in [2.75, 3.05) is 12.8 Å². The van der Waals surface area contributed by atoms with Crippen molar-refractivity contribution >= 4 is 16.9 Å². The molecular formula is C22H23N5O. The van der Waals surface area contributed by atoms with E-state index in [1.807, 2.05) is 36.4 Å². The Bertz CT molecular complexity index is 1130. The van der Waals surface area contributed by atoms with Crippen LogP contribution >= 0.6 is 0 Å². The standard InChI is InChI=1S/C22H23N5O/c1-13(2)10-15-7-5-9-17-19(15)27-22(26-17)20-21(23)24-12-18(25-20)14-6-4-8-16(11-14)28-3/h4-9,11-13H,10H2,1-3H3,(H2,23,24)(H,26,27). The number of nitrogens with two attached hydrogens (primary N) is 1. The van der Waals surface area contributed by atoms with Crippen LogP contribution in [0.4, 0.5) is 5.82 Å². The molecule has 0 unspecified atom stereocenters. The number of para-hydroxylation sites is 1. The summed E-state index contributed by atoms with van der Waals surface area (Å²) >= 11 is 0. The fourth-order valence-corrected chi connectivity index (χ4v) is 3.30. The molecule has 0 aliphatic carbocycles. The molecule has 0 bridgehead atoms. The van der Waals surface area contributed by atoms with Gasteiger partial charge in [0.25, 0.3) is 0 Å². The number of imidazole rings is 1. The van der Waals surface area contributed by atoms with Crippen LogP contribution in [0, 0.1) is 5.92 Å². The van der Waals surface area contributed by atoms with Crippen molar-refractivity contribution < 1.29 is 4.74 Å². The van der Waals surface area contributed by atoms with Crippen LogP contribution in [0.5, 0.6) is 5.75 Å². The van der Waals surface area contributed by atoms with E-state index in [-0.39, 0.29) is 0 Å². The summed E-state index contributed by atoms with van der Waals surface area (Å²) in [6, 6.07) is 13.9. The Balaban J connectivity index is 1.80. The minimum Gasteiger partial charge on any atom is -0.497 e. The number of methoxy groups -OCH3 is 1. The molecule has 4 rings (SSSR count). The molecule has 0 saturated carbocycles. The second-order valence-electron chi connectivity index (χ2n) is 7.22. The van der Waals surface area contributed by atoms with E-state index in [4.69, 9.17) is 20.4 Å². The maximum Gasteiger partial charge on any atom is 0.161 e. The SMILES string of the molecule is COc1cccc(-c2cnc(N)c(-c3nc4c(CC(C)C)cccc4[nH]3)n2)c1. The summed E-state index contributed by atoms with van der Waals surface area (Å²) in [6.45, 7) is 4.40. The van der Waals surface area contributed by atoms with Gasteiger partial charge in [-0.3, -0.25) is 0 Å². The highest BCUT2D eigenvalue weighted by Crippen LogP contribution is 2.29. The van der Waals surface area contributed by atoms with Gasteiger partial charge in [-0.05, 0) is 36.1 Å². The first kappa shape index (κ1) is 18.0. The molecule has 0 fully saturated rings. The molecule has 6 nitrogen and oxygen atoms in total. The largest absolute Gasteiger partial charge is 0.497 e. The van der Waals surface area contributed by atoms with E-state index in [9.17, 15) is 0 Å². The third kappa shape index (κ3) is 3.41. The number of nitrogens with zero attached hydrogens (tertiary/aromatic N) is 3. The van der Waals surface area contributed by atoms with Crippen LogP contribution < -0.4 is 10.5 Å². The number of aromatic amines is 1. The number of H-pyrrole nitrogens is 1. The van der Waals surface area contributed by atoms with Gasteiger partial charge in [0.1, 0.15) is 11.4 Å². The molecule has 2 heterocycles. The minimum atomic E-state index is 0.344. The van der Waals surface area contributed by atoms with E-state index in [1.54, 1.807) is 13.3 Å². The Labute approximate surface area is 163 Å². The Hall–Kier alpha value is -3.41. The fraction of sp³-hybridized carbons (Fsp3) is 0.227. The monoisotopic (exact) mass is 373 g/mol. The van der Waals surface area contributed by atoms with Crippen molar-refractivity contribution in [3.05, 3.63) is 54.2 Å². The van der Waals surface area contributed by atoms with Crippen LogP contribution in [0.3, 0.4) is 0 Å². The zero-order valence-electron chi connectivity index (χ0n) is 16.2. The maximum atomic E-state index is 6.14. The second-order valence-corrected chi connectivity index (χ2v) is 7.22. The Morgan fingerprint density at radius 3 is 2.71 bits per heavy atom. The number of hydrogen-bond donors (Lipinski definition) is 2. The molecule has 3 N–H and O–H groups in total. The van der Waals surface area contributed by atoms with Gasteiger partial charge in [-0.25, -0.2) is 15.0 Å². The molecular weight excluding hydrogens is 350 g/mol. The molecule has 142 valence electrons. The van der Waals surface area contributed by atoms with Crippen molar-refractivity contribution in [1.82, 2.24) is 19.9 Å². The third-order valence-corrected chi connectivity index (χ3v) is 4.62. The average Bonchev–Trinajstić information content (AvgIpc) is 3.13. The van der Waals surface area contributed by atoms with Crippen LogP contribution in [0.15, 0.2) is 48.7 Å². The van der Waals surface area contributed by atoms with Gasteiger partial charge in [-0.1, -0.05) is 38.1 Å². The first-order valence-electron chi connectivity index (χ1n) is 9.30. The highest BCUT2D eigenvalue weighted by atomic mass is 16.5. The lowest BCUT2D eigenvalue weighted by Gasteiger charge is -2.07. The lowest BCUT2D eigenvalue weighted by atomic mass is 10.0. The maximum absolute atomic E-state index is 6.14. The van der Waals surface area contributed by atoms with Gasteiger partial charge in [-0.2, -0.15) is 0 Å². The summed E-state index contributed by atoms with van der Waals surface area (Å²) in [5.41, 5.74) is 11.5. The van der Waals surface area contributed by atoms with Gasteiger partial charge in [0.2, 0.25) is 0 Å². The number of rotatable bonds is 5. The van der Waals surface area contributed by atoms with E-state index in [1.165, 1.54) is 5.56 Å². The fourth-order valence-electron chi connectivity index (χ4n) is 3.30. The predicted octanol–water partition coefficient (Wildman–Crippen LogP) is 4.48. The molecule has 0 saturated heterocycles. The molecule has 6 heteroatoms. The topological polar surface area (TPSA) is 89.7 Å². The Morgan fingerprint density at radius 1 is 1.11 bits per heavy atom. The van der Waals surface area contributed by atoms with Gasteiger partial charge in [0.05, 0.1) is 30.0 Å². The second kappa shape index (κ2) is 7.31. The molecule has 2 aromatic heterocycles. The van der Waals surface area contributed by atoms with Crippen LogP contribution in [-0.4, -0.2) is 27.0 Å². The minimum absolute atomic E-state index is 0.344. The highest BCUT2D eigenvalue weighted by Gasteiger charge is 2.15. The van der Waals surface area contributed by atoms with Crippen LogP contribution in [0.1, 0.15) is 19.4 Å².